The van der Waals surface area contributed by atoms with Crippen molar-refractivity contribution in [3.8, 4) is 11.1 Å². The Bertz CT molecular complexity index is 2240. The van der Waals surface area contributed by atoms with Crippen molar-refractivity contribution >= 4 is 37.6 Å². The maximum Gasteiger partial charge on any atom is -1.00 e. The summed E-state index contributed by atoms with van der Waals surface area (Å²) in [5.41, 5.74) is 18.3. The first-order valence-electron chi connectivity index (χ1n) is 19.0. The fourth-order valence-electron chi connectivity index (χ4n) is 9.70. The molecular formula is C49H50Cl4Zr. The molecule has 0 nitrogen and oxygen atoms in total. The Morgan fingerprint density at radius 3 is 1.56 bits per heavy atom. The van der Waals surface area contributed by atoms with Gasteiger partial charge in [-0.15, -0.1) is 0 Å². The van der Waals surface area contributed by atoms with Gasteiger partial charge in [-0.1, -0.05) is 0 Å². The summed E-state index contributed by atoms with van der Waals surface area (Å²) in [4.78, 5) is 0. The van der Waals surface area contributed by atoms with E-state index in [1.165, 1.54) is 75.6 Å². The van der Waals surface area contributed by atoms with E-state index in [-0.39, 0.29) is 44.7 Å². The minimum atomic E-state index is -3.13. The molecule has 4 aromatic rings. The molecule has 0 fully saturated rings. The van der Waals surface area contributed by atoms with Crippen LogP contribution in [0.1, 0.15) is 124 Å². The van der Waals surface area contributed by atoms with Gasteiger partial charge in [0.1, 0.15) is 0 Å². The van der Waals surface area contributed by atoms with E-state index in [2.05, 4.69) is 154 Å². The van der Waals surface area contributed by atoms with Gasteiger partial charge in [0, 0.05) is 0 Å². The Morgan fingerprint density at radius 2 is 1.15 bits per heavy atom. The van der Waals surface area contributed by atoms with Crippen LogP contribution >= 0.6 is 23.2 Å². The molecule has 0 saturated carbocycles. The number of halogens is 4. The van der Waals surface area contributed by atoms with Crippen molar-refractivity contribution in [3.05, 3.63) is 161 Å². The van der Waals surface area contributed by atoms with Crippen LogP contribution in [0.2, 0.25) is 10.0 Å². The molecule has 0 radical (unpaired) electrons. The topological polar surface area (TPSA) is 0 Å². The van der Waals surface area contributed by atoms with Gasteiger partial charge in [-0.25, -0.2) is 0 Å². The van der Waals surface area contributed by atoms with Crippen LogP contribution in [0.3, 0.4) is 0 Å². The maximum atomic E-state index is 6.90. The van der Waals surface area contributed by atoms with Crippen LogP contribution in [0, 0.1) is 11.3 Å². The van der Waals surface area contributed by atoms with E-state index in [1.54, 1.807) is 3.28 Å². The first-order valence-corrected chi connectivity index (χ1v) is 23.6. The standard InChI is InChI=1S/C25H25.C13H8Cl2.C11H17.2ClH.Zr/c1-14-12-24(3,4)22-8-16-7-17-9-23-19(15(2)13-25(23,5)6)11-21(17)20(16)10-18(14)22;14-12-5-1-3-10(8-12)7-11-4-2-6-13(15)9-11;1-5-9-6-7-10(8-9)11(2,3)4;;;/h7-13H,1-6H3;1-6,8-9H;7-9H,5H2,1-4H3;2*1H;/q;;;;;+2/p-2. The average Bonchev–Trinajstić information content (AvgIpc) is 3.76. The number of hydrogen-bond acceptors (Lipinski definition) is 0. The van der Waals surface area contributed by atoms with Crippen molar-refractivity contribution in [2.45, 2.75) is 90.1 Å². The summed E-state index contributed by atoms with van der Waals surface area (Å²) in [6, 6.07) is 27.7. The first kappa shape index (κ1) is 41.4. The van der Waals surface area contributed by atoms with Crippen LogP contribution < -0.4 is 24.8 Å². The predicted octanol–water partition coefficient (Wildman–Crippen LogP) is 8.24. The van der Waals surface area contributed by atoms with Crippen LogP contribution in [0.25, 0.3) is 22.3 Å². The molecule has 0 amide bonds. The normalized spacial score (nSPS) is 18.5. The van der Waals surface area contributed by atoms with E-state index in [4.69, 9.17) is 23.2 Å². The zero-order valence-corrected chi connectivity index (χ0v) is 38.6. The van der Waals surface area contributed by atoms with Gasteiger partial charge in [0.25, 0.3) is 0 Å². The van der Waals surface area contributed by atoms with Gasteiger partial charge in [-0.3, -0.25) is 0 Å². The van der Waals surface area contributed by atoms with Crippen LogP contribution in [-0.4, -0.2) is 3.21 Å². The quantitative estimate of drug-likeness (QED) is 0.190. The van der Waals surface area contributed by atoms with Crippen LogP contribution in [-0.2, 0) is 32.1 Å². The van der Waals surface area contributed by atoms with E-state index in [0.717, 1.165) is 16.5 Å². The third kappa shape index (κ3) is 6.81. The smallest absolute Gasteiger partial charge is 1.00 e. The van der Waals surface area contributed by atoms with Crippen molar-refractivity contribution in [3.63, 3.8) is 0 Å². The largest absolute Gasteiger partial charge is 1.00 e. The minimum absolute atomic E-state index is 0. The third-order valence-corrected chi connectivity index (χ3v) is 21.1. The molecule has 8 rings (SSSR count). The number of allylic oxidation sites excluding steroid dienone is 8. The minimum Gasteiger partial charge on any atom is -1.00 e. The second kappa shape index (κ2) is 14.6. The number of benzene rings is 4. The van der Waals surface area contributed by atoms with Gasteiger partial charge < -0.3 is 24.8 Å². The summed E-state index contributed by atoms with van der Waals surface area (Å²) < 4.78 is 3.43. The fourth-order valence-corrected chi connectivity index (χ4v) is 19.8. The van der Waals surface area contributed by atoms with Crippen molar-refractivity contribution in [2.24, 2.45) is 11.3 Å². The Morgan fingerprint density at radius 1 is 0.685 bits per heavy atom. The van der Waals surface area contributed by atoms with Gasteiger partial charge in [0.15, 0.2) is 0 Å². The summed E-state index contributed by atoms with van der Waals surface area (Å²) in [6.07, 6.45) is 11.3. The SMILES string of the molecule is CCC1C=C(C(C)(C)C)C=[C]1[Zr+2](=[C](c1cccc(Cl)c1)c1cccc(Cl)c1)[CH]1c2cc3c(cc2-c2cc4c(cc21)C(C)(C)C=C4C)C(C)=CC3(C)C.[Cl-].[Cl-]. The average molecular weight is 872 g/mol. The monoisotopic (exact) mass is 868 g/mol. The van der Waals surface area contributed by atoms with Gasteiger partial charge in [0.2, 0.25) is 0 Å². The molecule has 4 aliphatic rings. The van der Waals surface area contributed by atoms with E-state index in [0.29, 0.717) is 5.92 Å². The Labute approximate surface area is 353 Å². The van der Waals surface area contributed by atoms with Gasteiger partial charge in [-0.05, 0) is 0 Å². The fraction of sp³-hybridized carbons (Fsp3) is 0.327. The molecule has 278 valence electrons. The van der Waals surface area contributed by atoms with Crippen molar-refractivity contribution < 1.29 is 46.1 Å². The van der Waals surface area contributed by atoms with E-state index < -0.39 is 21.3 Å². The third-order valence-electron chi connectivity index (χ3n) is 12.2. The Kier molecular flexibility index (Phi) is 11.2. The van der Waals surface area contributed by atoms with Crippen LogP contribution in [0.4, 0.5) is 0 Å². The van der Waals surface area contributed by atoms with Crippen LogP contribution in [0.5, 0.6) is 0 Å². The molecule has 0 N–H and O–H groups in total. The molecule has 1 atom stereocenters. The van der Waals surface area contributed by atoms with Crippen molar-refractivity contribution in [1.82, 2.24) is 0 Å². The summed E-state index contributed by atoms with van der Waals surface area (Å²) >= 11 is 10.7. The molecule has 0 spiro atoms. The summed E-state index contributed by atoms with van der Waals surface area (Å²) in [5, 5.41) is 1.55. The number of rotatable bonds is 5. The van der Waals surface area contributed by atoms with E-state index in [1.807, 2.05) is 12.1 Å². The second-order valence-corrected chi connectivity index (χ2v) is 24.8. The predicted molar refractivity (Wildman–Crippen MR) is 223 cm³/mol. The molecule has 4 aliphatic carbocycles. The number of hydrogen-bond donors (Lipinski definition) is 0. The molecule has 54 heavy (non-hydrogen) atoms. The summed E-state index contributed by atoms with van der Waals surface area (Å²) in [7, 11) is 0. The maximum absolute atomic E-state index is 6.90. The zero-order chi connectivity index (χ0) is 37.1. The van der Waals surface area contributed by atoms with Crippen molar-refractivity contribution in [1.29, 1.82) is 0 Å². The van der Waals surface area contributed by atoms with Crippen LogP contribution in [0.15, 0.2) is 106 Å². The molecule has 1 unspecified atom stereocenters. The summed E-state index contributed by atoms with van der Waals surface area (Å²) in [5.74, 6) is 0.397. The van der Waals surface area contributed by atoms with Gasteiger partial charge in [0.05, 0.1) is 0 Å². The second-order valence-electron chi connectivity index (χ2n) is 17.8. The first-order chi connectivity index (χ1) is 24.5. The zero-order valence-electron chi connectivity index (χ0n) is 33.1. The van der Waals surface area contributed by atoms with Crippen molar-refractivity contribution in [2.75, 3.05) is 0 Å². The van der Waals surface area contributed by atoms with E-state index in [9.17, 15) is 0 Å². The molecule has 0 heterocycles. The molecular weight excluding hydrogens is 822 g/mol. The van der Waals surface area contributed by atoms with Gasteiger partial charge in [-0.2, -0.15) is 0 Å². The summed E-state index contributed by atoms with van der Waals surface area (Å²) in [6.45, 7) is 23.6. The Hall–Kier alpha value is -2.25. The van der Waals surface area contributed by atoms with Gasteiger partial charge >= 0.3 is 332 Å². The molecule has 0 bridgehead atoms. The molecule has 0 aliphatic heterocycles. The molecule has 0 saturated heterocycles. The molecule has 4 aromatic carbocycles. The molecule has 0 aromatic heterocycles. The molecule has 5 heteroatoms. The van der Waals surface area contributed by atoms with E-state index >= 15 is 0 Å². The Balaban J connectivity index is 0.00000249. The number of fused-ring (bicyclic) bond motifs is 5.